The van der Waals surface area contributed by atoms with Crippen molar-refractivity contribution in [3.63, 3.8) is 0 Å². The van der Waals surface area contributed by atoms with Gasteiger partial charge in [-0.2, -0.15) is 0 Å². The van der Waals surface area contributed by atoms with Gasteiger partial charge in [-0.1, -0.05) is 17.7 Å². The number of hydrogen-bond donors (Lipinski definition) is 2. The summed E-state index contributed by atoms with van der Waals surface area (Å²) in [5.74, 6) is -1.20. The van der Waals surface area contributed by atoms with E-state index in [1.165, 1.54) is 0 Å². The Morgan fingerprint density at radius 2 is 1.76 bits per heavy atom. The van der Waals surface area contributed by atoms with E-state index in [2.05, 4.69) is 15.6 Å². The van der Waals surface area contributed by atoms with Gasteiger partial charge in [-0.05, 0) is 49.7 Å². The van der Waals surface area contributed by atoms with E-state index in [1.807, 2.05) is 0 Å². The van der Waals surface area contributed by atoms with Gasteiger partial charge in [0.25, 0.3) is 0 Å². The quantitative estimate of drug-likeness (QED) is 0.838. The van der Waals surface area contributed by atoms with E-state index in [9.17, 15) is 9.59 Å². The van der Waals surface area contributed by atoms with Crippen LogP contribution in [0.5, 0.6) is 0 Å². The average molecular weight is 304 g/mol. The van der Waals surface area contributed by atoms with E-state index in [0.29, 0.717) is 16.5 Å². The molecule has 0 bridgehead atoms. The normalized spacial score (nSPS) is 10.0. The highest BCUT2D eigenvalue weighted by molar-refractivity contribution is 6.43. The topological polar surface area (TPSA) is 71.1 Å². The van der Waals surface area contributed by atoms with Gasteiger partial charge in [0, 0.05) is 16.4 Å². The average Bonchev–Trinajstić information content (AvgIpc) is 2.41. The summed E-state index contributed by atoms with van der Waals surface area (Å²) in [6, 6.07) is 10.2. The zero-order chi connectivity index (χ0) is 15.4. The molecule has 0 aliphatic rings. The first kappa shape index (κ1) is 15.0. The van der Waals surface area contributed by atoms with Gasteiger partial charge < -0.3 is 10.6 Å². The van der Waals surface area contributed by atoms with Crippen LogP contribution in [0, 0.1) is 13.8 Å². The molecule has 1 heterocycles. The number of amides is 2. The molecule has 5 nitrogen and oxygen atoms in total. The van der Waals surface area contributed by atoms with Crippen molar-refractivity contribution in [2.75, 3.05) is 10.6 Å². The van der Waals surface area contributed by atoms with Gasteiger partial charge in [-0.3, -0.25) is 9.59 Å². The molecule has 2 rings (SSSR count). The Morgan fingerprint density at radius 1 is 1.05 bits per heavy atom. The molecule has 2 aromatic rings. The van der Waals surface area contributed by atoms with Crippen molar-refractivity contribution in [1.29, 1.82) is 0 Å². The van der Waals surface area contributed by atoms with Crippen molar-refractivity contribution in [2.24, 2.45) is 0 Å². The van der Waals surface area contributed by atoms with Gasteiger partial charge >= 0.3 is 11.8 Å². The SMILES string of the molecule is Cc1cccc(NC(=O)C(=O)Nc2ccc(Cl)cc2C)n1. The second kappa shape index (κ2) is 6.37. The first-order valence-corrected chi connectivity index (χ1v) is 6.65. The van der Waals surface area contributed by atoms with Gasteiger partial charge in [0.15, 0.2) is 0 Å². The van der Waals surface area contributed by atoms with Crippen molar-refractivity contribution >= 4 is 34.9 Å². The van der Waals surface area contributed by atoms with Crippen LogP contribution in [0.4, 0.5) is 11.5 Å². The summed E-state index contributed by atoms with van der Waals surface area (Å²) >= 11 is 5.84. The smallest absolute Gasteiger partial charge is 0.315 e. The Hall–Kier alpha value is -2.40. The Bertz CT molecular complexity index is 701. The van der Waals surface area contributed by atoms with Crippen molar-refractivity contribution < 1.29 is 9.59 Å². The summed E-state index contributed by atoms with van der Waals surface area (Å²) in [6.07, 6.45) is 0. The minimum atomic E-state index is -0.776. The van der Waals surface area contributed by atoms with E-state index in [-0.39, 0.29) is 0 Å². The predicted molar refractivity (Wildman–Crippen MR) is 82.4 cm³/mol. The van der Waals surface area contributed by atoms with E-state index in [1.54, 1.807) is 50.2 Å². The molecular weight excluding hydrogens is 290 g/mol. The molecule has 2 N–H and O–H groups in total. The zero-order valence-corrected chi connectivity index (χ0v) is 12.4. The molecule has 0 aliphatic heterocycles. The summed E-state index contributed by atoms with van der Waals surface area (Å²) in [7, 11) is 0. The molecule has 0 saturated heterocycles. The number of rotatable bonds is 2. The summed E-state index contributed by atoms with van der Waals surface area (Å²) in [5, 5.41) is 5.55. The molecule has 21 heavy (non-hydrogen) atoms. The van der Waals surface area contributed by atoms with Crippen LogP contribution in [0.15, 0.2) is 36.4 Å². The number of hydrogen-bond acceptors (Lipinski definition) is 3. The summed E-state index contributed by atoms with van der Waals surface area (Å²) < 4.78 is 0. The number of carbonyl (C=O) groups excluding carboxylic acids is 2. The fourth-order valence-electron chi connectivity index (χ4n) is 1.73. The molecule has 0 radical (unpaired) electrons. The third kappa shape index (κ3) is 4.03. The fourth-order valence-corrected chi connectivity index (χ4v) is 1.96. The number of nitrogens with one attached hydrogen (secondary N) is 2. The van der Waals surface area contributed by atoms with E-state index < -0.39 is 11.8 Å². The number of aromatic nitrogens is 1. The van der Waals surface area contributed by atoms with Gasteiger partial charge in [0.1, 0.15) is 5.82 Å². The largest absolute Gasteiger partial charge is 0.318 e. The number of halogens is 1. The minimum absolute atomic E-state index is 0.336. The van der Waals surface area contributed by atoms with Crippen LogP contribution in [0.2, 0.25) is 5.02 Å². The molecule has 0 saturated carbocycles. The molecule has 0 fully saturated rings. The Kier molecular flexibility index (Phi) is 4.55. The maximum atomic E-state index is 11.9. The van der Waals surface area contributed by atoms with Crippen LogP contribution in [0.3, 0.4) is 0 Å². The number of anilines is 2. The second-order valence-electron chi connectivity index (χ2n) is 4.53. The molecule has 1 aromatic carbocycles. The third-order valence-electron chi connectivity index (χ3n) is 2.77. The first-order chi connectivity index (χ1) is 9.95. The highest BCUT2D eigenvalue weighted by Gasteiger charge is 2.15. The summed E-state index contributed by atoms with van der Waals surface area (Å²) in [4.78, 5) is 27.8. The van der Waals surface area contributed by atoms with Gasteiger partial charge in [-0.15, -0.1) is 0 Å². The van der Waals surface area contributed by atoms with Crippen LogP contribution < -0.4 is 10.6 Å². The number of carbonyl (C=O) groups is 2. The van der Waals surface area contributed by atoms with Gasteiger partial charge in [0.05, 0.1) is 0 Å². The standard InChI is InChI=1S/C15H14ClN3O2/c1-9-8-11(16)6-7-12(9)18-14(20)15(21)19-13-5-3-4-10(2)17-13/h3-8H,1-2H3,(H,18,20)(H,17,19,21). The van der Waals surface area contributed by atoms with Crippen LogP contribution >= 0.6 is 11.6 Å². The molecule has 2 amide bonds. The Labute approximate surface area is 127 Å². The molecular formula is C15H14ClN3O2. The monoisotopic (exact) mass is 303 g/mol. The van der Waals surface area contributed by atoms with Crippen LogP contribution in [0.1, 0.15) is 11.3 Å². The van der Waals surface area contributed by atoms with Crippen molar-refractivity contribution in [3.8, 4) is 0 Å². The van der Waals surface area contributed by atoms with E-state index >= 15 is 0 Å². The minimum Gasteiger partial charge on any atom is -0.318 e. The number of benzene rings is 1. The first-order valence-electron chi connectivity index (χ1n) is 6.28. The second-order valence-corrected chi connectivity index (χ2v) is 4.97. The molecule has 6 heteroatoms. The van der Waals surface area contributed by atoms with Crippen molar-refractivity contribution in [1.82, 2.24) is 4.98 Å². The summed E-state index contributed by atoms with van der Waals surface area (Å²) in [6.45, 7) is 3.59. The third-order valence-corrected chi connectivity index (χ3v) is 3.01. The molecule has 0 spiro atoms. The fraction of sp³-hybridized carbons (Fsp3) is 0.133. The lowest BCUT2D eigenvalue weighted by atomic mass is 10.2. The molecule has 0 atom stereocenters. The van der Waals surface area contributed by atoms with Crippen LogP contribution in [-0.2, 0) is 9.59 Å². The van der Waals surface area contributed by atoms with Gasteiger partial charge in [-0.25, -0.2) is 4.98 Å². The maximum absolute atomic E-state index is 11.9. The van der Waals surface area contributed by atoms with Crippen molar-refractivity contribution in [2.45, 2.75) is 13.8 Å². The van der Waals surface area contributed by atoms with Crippen LogP contribution in [0.25, 0.3) is 0 Å². The lowest BCUT2D eigenvalue weighted by molar-refractivity contribution is -0.133. The number of pyridine rings is 1. The predicted octanol–water partition coefficient (Wildman–Crippen LogP) is 2.93. The number of aryl methyl sites for hydroxylation is 2. The molecule has 0 unspecified atom stereocenters. The Balaban J connectivity index is 2.04. The summed E-state index contributed by atoms with van der Waals surface area (Å²) in [5.41, 5.74) is 2.07. The molecule has 108 valence electrons. The van der Waals surface area contributed by atoms with Crippen LogP contribution in [-0.4, -0.2) is 16.8 Å². The Morgan fingerprint density at radius 3 is 2.43 bits per heavy atom. The maximum Gasteiger partial charge on any atom is 0.315 e. The molecule has 0 aliphatic carbocycles. The molecule has 1 aromatic heterocycles. The number of nitrogens with zero attached hydrogens (tertiary/aromatic N) is 1. The lowest BCUT2D eigenvalue weighted by Crippen LogP contribution is -2.29. The van der Waals surface area contributed by atoms with Crippen molar-refractivity contribution in [3.05, 3.63) is 52.7 Å². The zero-order valence-electron chi connectivity index (χ0n) is 11.6. The highest BCUT2D eigenvalue weighted by atomic mass is 35.5. The van der Waals surface area contributed by atoms with E-state index in [0.717, 1.165) is 11.3 Å². The van der Waals surface area contributed by atoms with E-state index in [4.69, 9.17) is 11.6 Å². The van der Waals surface area contributed by atoms with Gasteiger partial charge in [0.2, 0.25) is 0 Å². The highest BCUT2D eigenvalue weighted by Crippen LogP contribution is 2.19. The lowest BCUT2D eigenvalue weighted by Gasteiger charge is -2.09.